The first-order valence-corrected chi connectivity index (χ1v) is 8.23. The molecule has 0 aromatic carbocycles. The summed E-state index contributed by atoms with van der Waals surface area (Å²) in [5.74, 6) is 1.15. The van der Waals surface area contributed by atoms with Gasteiger partial charge in [0.05, 0.1) is 22.3 Å². The Labute approximate surface area is 123 Å². The Bertz CT molecular complexity index is 440. The highest BCUT2D eigenvalue weighted by Crippen LogP contribution is 2.37. The van der Waals surface area contributed by atoms with Crippen molar-refractivity contribution in [2.75, 3.05) is 18.5 Å². The van der Waals surface area contributed by atoms with Crippen molar-refractivity contribution in [1.29, 1.82) is 0 Å². The van der Waals surface area contributed by atoms with E-state index in [1.165, 1.54) is 31.4 Å². The summed E-state index contributed by atoms with van der Waals surface area (Å²) in [4.78, 5) is 0. The molecule has 2 atom stereocenters. The fourth-order valence-electron chi connectivity index (χ4n) is 3.07. The SMILES string of the molecule is CCCCc1nn2c(c1Br)NCCC2C1CCCO1. The van der Waals surface area contributed by atoms with Gasteiger partial charge in [0, 0.05) is 13.2 Å². The smallest absolute Gasteiger partial charge is 0.139 e. The van der Waals surface area contributed by atoms with Gasteiger partial charge in [0.1, 0.15) is 5.82 Å². The van der Waals surface area contributed by atoms with Gasteiger partial charge in [0.2, 0.25) is 0 Å². The number of rotatable bonds is 4. The summed E-state index contributed by atoms with van der Waals surface area (Å²) in [7, 11) is 0. The van der Waals surface area contributed by atoms with Crippen molar-refractivity contribution >= 4 is 21.7 Å². The third-order valence-corrected chi connectivity index (χ3v) is 4.96. The standard InChI is InChI=1S/C14H22BrN3O/c1-2-3-5-10-13(15)14-16-8-7-11(18(14)17-10)12-6-4-9-19-12/h11-12,16H,2-9H2,1H3. The summed E-state index contributed by atoms with van der Waals surface area (Å²) in [5.41, 5.74) is 1.19. The fraction of sp³-hybridized carbons (Fsp3) is 0.786. The molecule has 1 saturated heterocycles. The van der Waals surface area contributed by atoms with Crippen molar-refractivity contribution in [1.82, 2.24) is 9.78 Å². The molecule has 3 heterocycles. The molecule has 5 heteroatoms. The maximum absolute atomic E-state index is 5.88. The number of unbranched alkanes of at least 4 members (excludes halogenated alkanes) is 1. The first-order valence-electron chi connectivity index (χ1n) is 7.43. The summed E-state index contributed by atoms with van der Waals surface area (Å²) in [5, 5.41) is 8.32. The second kappa shape index (κ2) is 5.83. The number of nitrogens with zero attached hydrogens (tertiary/aromatic N) is 2. The third-order valence-electron chi connectivity index (χ3n) is 4.13. The van der Waals surface area contributed by atoms with Gasteiger partial charge in [-0.05, 0) is 48.0 Å². The molecular formula is C14H22BrN3O. The molecule has 4 nitrogen and oxygen atoms in total. The van der Waals surface area contributed by atoms with Crippen LogP contribution in [-0.4, -0.2) is 29.0 Å². The summed E-state index contributed by atoms with van der Waals surface area (Å²) in [6.45, 7) is 4.15. The molecule has 1 fully saturated rings. The number of ether oxygens (including phenoxy) is 1. The predicted molar refractivity (Wildman–Crippen MR) is 79.7 cm³/mol. The minimum Gasteiger partial charge on any atom is -0.376 e. The van der Waals surface area contributed by atoms with Crippen LogP contribution in [0, 0.1) is 0 Å². The van der Waals surface area contributed by atoms with Crippen LogP contribution in [0.4, 0.5) is 5.82 Å². The highest BCUT2D eigenvalue weighted by atomic mass is 79.9. The van der Waals surface area contributed by atoms with Crippen LogP contribution in [0.25, 0.3) is 0 Å². The van der Waals surface area contributed by atoms with Gasteiger partial charge in [0.25, 0.3) is 0 Å². The van der Waals surface area contributed by atoms with Gasteiger partial charge in [-0.2, -0.15) is 5.10 Å². The number of anilines is 1. The van der Waals surface area contributed by atoms with E-state index in [0.29, 0.717) is 12.1 Å². The predicted octanol–water partition coefficient (Wildman–Crippen LogP) is 3.52. The van der Waals surface area contributed by atoms with E-state index in [1.54, 1.807) is 0 Å². The highest BCUT2D eigenvalue weighted by molar-refractivity contribution is 9.10. The van der Waals surface area contributed by atoms with Gasteiger partial charge >= 0.3 is 0 Å². The Balaban J connectivity index is 1.86. The monoisotopic (exact) mass is 327 g/mol. The van der Waals surface area contributed by atoms with Crippen LogP contribution in [0.5, 0.6) is 0 Å². The lowest BCUT2D eigenvalue weighted by molar-refractivity contribution is 0.0590. The lowest BCUT2D eigenvalue weighted by atomic mass is 10.0. The van der Waals surface area contributed by atoms with E-state index in [9.17, 15) is 0 Å². The second-order valence-corrected chi connectivity index (χ2v) is 6.28. The van der Waals surface area contributed by atoms with Crippen molar-refractivity contribution in [3.8, 4) is 0 Å². The molecule has 2 aliphatic heterocycles. The van der Waals surface area contributed by atoms with Crippen molar-refractivity contribution < 1.29 is 4.74 Å². The lowest BCUT2D eigenvalue weighted by Crippen LogP contribution is -2.31. The van der Waals surface area contributed by atoms with E-state index in [-0.39, 0.29) is 0 Å². The molecule has 1 N–H and O–H groups in total. The number of nitrogens with one attached hydrogen (secondary N) is 1. The van der Waals surface area contributed by atoms with E-state index in [1.807, 2.05) is 0 Å². The molecule has 3 rings (SSSR count). The molecule has 0 radical (unpaired) electrons. The Hall–Kier alpha value is -0.550. The Morgan fingerprint density at radius 3 is 3.11 bits per heavy atom. The summed E-state index contributed by atoms with van der Waals surface area (Å²) in [6, 6.07) is 0.408. The zero-order valence-electron chi connectivity index (χ0n) is 11.5. The van der Waals surface area contributed by atoms with Gasteiger partial charge < -0.3 is 10.1 Å². The Morgan fingerprint density at radius 1 is 1.47 bits per heavy atom. The van der Waals surface area contributed by atoms with Crippen molar-refractivity contribution in [3.05, 3.63) is 10.2 Å². The van der Waals surface area contributed by atoms with Crippen molar-refractivity contribution in [2.45, 2.75) is 57.6 Å². The zero-order valence-corrected chi connectivity index (χ0v) is 13.1. The average Bonchev–Trinajstić information content (AvgIpc) is 3.05. The topological polar surface area (TPSA) is 39.1 Å². The van der Waals surface area contributed by atoms with Crippen molar-refractivity contribution in [2.24, 2.45) is 0 Å². The first kappa shape index (κ1) is 13.4. The van der Waals surface area contributed by atoms with Crippen molar-refractivity contribution in [3.63, 3.8) is 0 Å². The number of hydrogen-bond acceptors (Lipinski definition) is 3. The van der Waals surface area contributed by atoms with Crippen LogP contribution in [-0.2, 0) is 11.2 Å². The third kappa shape index (κ3) is 2.55. The summed E-state index contributed by atoms with van der Waals surface area (Å²) < 4.78 is 9.21. The molecule has 0 amide bonds. The van der Waals surface area contributed by atoms with Crippen LogP contribution in [0.1, 0.15) is 50.8 Å². The number of aryl methyl sites for hydroxylation is 1. The van der Waals surface area contributed by atoms with Crippen LogP contribution in [0.3, 0.4) is 0 Å². The summed E-state index contributed by atoms with van der Waals surface area (Å²) in [6.07, 6.45) is 7.28. The van der Waals surface area contributed by atoms with Gasteiger partial charge in [-0.1, -0.05) is 13.3 Å². The summed E-state index contributed by atoms with van der Waals surface area (Å²) >= 11 is 3.72. The molecule has 0 bridgehead atoms. The zero-order chi connectivity index (χ0) is 13.2. The first-order chi connectivity index (χ1) is 9.31. The molecular weight excluding hydrogens is 306 g/mol. The normalized spacial score (nSPS) is 26.2. The molecule has 2 aliphatic rings. The molecule has 19 heavy (non-hydrogen) atoms. The van der Waals surface area contributed by atoms with Gasteiger partial charge in [-0.15, -0.1) is 0 Å². The van der Waals surface area contributed by atoms with E-state index in [4.69, 9.17) is 9.84 Å². The van der Waals surface area contributed by atoms with Crippen LogP contribution >= 0.6 is 15.9 Å². The molecule has 2 unspecified atom stereocenters. The molecule has 1 aromatic heterocycles. The van der Waals surface area contributed by atoms with Crippen LogP contribution < -0.4 is 5.32 Å². The maximum Gasteiger partial charge on any atom is 0.139 e. The van der Waals surface area contributed by atoms with E-state index in [2.05, 4.69) is 32.9 Å². The lowest BCUT2D eigenvalue weighted by Gasteiger charge is -2.29. The highest BCUT2D eigenvalue weighted by Gasteiger charge is 2.33. The largest absolute Gasteiger partial charge is 0.376 e. The minimum atomic E-state index is 0.353. The quantitative estimate of drug-likeness (QED) is 0.919. The van der Waals surface area contributed by atoms with Gasteiger partial charge in [-0.3, -0.25) is 0 Å². The molecule has 1 aromatic rings. The number of fused-ring (bicyclic) bond motifs is 1. The number of aromatic nitrogens is 2. The molecule has 106 valence electrons. The van der Waals surface area contributed by atoms with E-state index < -0.39 is 0 Å². The average molecular weight is 328 g/mol. The van der Waals surface area contributed by atoms with Gasteiger partial charge in [0.15, 0.2) is 0 Å². The fourth-order valence-corrected chi connectivity index (χ4v) is 3.67. The molecule has 0 spiro atoms. The second-order valence-electron chi connectivity index (χ2n) is 5.49. The maximum atomic E-state index is 5.88. The minimum absolute atomic E-state index is 0.353. The Morgan fingerprint density at radius 2 is 2.37 bits per heavy atom. The number of hydrogen-bond donors (Lipinski definition) is 1. The Kier molecular flexibility index (Phi) is 4.12. The van der Waals surface area contributed by atoms with Gasteiger partial charge in [-0.25, -0.2) is 4.68 Å². The van der Waals surface area contributed by atoms with Crippen LogP contribution in [0.2, 0.25) is 0 Å². The van der Waals surface area contributed by atoms with E-state index in [0.717, 1.165) is 36.3 Å². The van der Waals surface area contributed by atoms with Crippen LogP contribution in [0.15, 0.2) is 4.47 Å². The number of halogens is 1. The van der Waals surface area contributed by atoms with E-state index >= 15 is 0 Å². The molecule has 0 aliphatic carbocycles. The molecule has 0 saturated carbocycles.